The van der Waals surface area contributed by atoms with Gasteiger partial charge in [-0.15, -0.1) is 0 Å². The minimum atomic E-state index is 0. The summed E-state index contributed by atoms with van der Waals surface area (Å²) in [5, 5.41) is 3.40. The summed E-state index contributed by atoms with van der Waals surface area (Å²) in [4.78, 5) is 0. The molecule has 0 aromatic heterocycles. The van der Waals surface area contributed by atoms with Gasteiger partial charge in [0.1, 0.15) is 15.7 Å². The van der Waals surface area contributed by atoms with Crippen molar-refractivity contribution in [3.05, 3.63) is 6.42 Å². The first-order valence-electron chi connectivity index (χ1n) is 8.97. The molecule has 0 unspecified atom stereocenters. The predicted molar refractivity (Wildman–Crippen MR) is 87.7 cm³/mol. The van der Waals surface area contributed by atoms with Crippen LogP contribution in [0.5, 0.6) is 0 Å². The predicted octanol–water partition coefficient (Wildman–Crippen LogP) is 5.41. The third-order valence-corrected chi connectivity index (χ3v) is 9.37. The van der Waals surface area contributed by atoms with Gasteiger partial charge in [-0.3, -0.25) is 0 Å². The molecule has 3 rings (SSSR count). The fourth-order valence-corrected chi connectivity index (χ4v) is 8.86. The standard InChI is InChI=1S/C18H32S.3Y/c1-4-10-16(11-5-1)19(17-12-6-2-7-13-17)18-14-8-3-9-15-18;;;/h1,16-18H,2-15H2;;;. The van der Waals surface area contributed by atoms with Gasteiger partial charge in [-0.1, -0.05) is 12.8 Å². The van der Waals surface area contributed by atoms with Crippen molar-refractivity contribution in [3.63, 3.8) is 0 Å². The average Bonchev–Trinajstić information content (AvgIpc) is 2.51. The van der Waals surface area contributed by atoms with Gasteiger partial charge in [0, 0.05) is 98.1 Å². The van der Waals surface area contributed by atoms with Crippen LogP contribution >= 0.6 is 0 Å². The Hall–Kier alpha value is 3.66. The Labute approximate surface area is 217 Å². The number of hydrogen-bond donors (Lipinski definition) is 0. The van der Waals surface area contributed by atoms with Gasteiger partial charge in [-0.25, -0.2) is 0 Å². The van der Waals surface area contributed by atoms with Crippen molar-refractivity contribution in [2.45, 2.75) is 106 Å². The summed E-state index contributed by atoms with van der Waals surface area (Å²) in [6, 6.07) is 0. The molecular formula is C18H32SY3. The van der Waals surface area contributed by atoms with Gasteiger partial charge in [0.2, 0.25) is 0 Å². The molecule has 3 saturated carbocycles. The van der Waals surface area contributed by atoms with Crippen LogP contribution in [-0.4, -0.2) is 15.7 Å². The molecule has 0 amide bonds. The Morgan fingerprint density at radius 3 is 1.27 bits per heavy atom. The summed E-state index contributed by atoms with van der Waals surface area (Å²) in [5.41, 5.74) is 0. The van der Waals surface area contributed by atoms with Gasteiger partial charge in [0.15, 0.2) is 0 Å². The normalized spacial score (nSPS) is 25.0. The van der Waals surface area contributed by atoms with E-state index in [2.05, 4.69) is 6.42 Å². The van der Waals surface area contributed by atoms with Gasteiger partial charge >= 0.3 is 0 Å². The van der Waals surface area contributed by atoms with Crippen molar-refractivity contribution in [1.29, 1.82) is 0 Å². The van der Waals surface area contributed by atoms with Crippen molar-refractivity contribution in [2.24, 2.45) is 0 Å². The molecule has 0 aromatic rings. The molecule has 119 valence electrons. The van der Waals surface area contributed by atoms with E-state index in [1.165, 1.54) is 38.5 Å². The third-order valence-electron chi connectivity index (χ3n) is 5.64. The van der Waals surface area contributed by atoms with Gasteiger partial charge in [0.25, 0.3) is 0 Å². The van der Waals surface area contributed by atoms with E-state index >= 15 is 0 Å². The van der Waals surface area contributed by atoms with Crippen LogP contribution in [-0.2, 0) is 109 Å². The molecule has 0 N–H and O–H groups in total. The smallest absolute Gasteiger partial charge is 0.118 e. The molecule has 22 heavy (non-hydrogen) atoms. The molecule has 4 heteroatoms. The molecule has 3 radical (unpaired) electrons. The molecule has 3 fully saturated rings. The maximum Gasteiger partial charge on any atom is 0.118 e. The molecule has 0 heterocycles. The molecule has 0 atom stereocenters. The number of hydrogen-bond acceptors (Lipinski definition) is 0. The van der Waals surface area contributed by atoms with Crippen LogP contribution in [0.3, 0.4) is 0 Å². The van der Waals surface area contributed by atoms with Crippen LogP contribution in [0.15, 0.2) is 0 Å². The van der Waals surface area contributed by atoms with Crippen molar-refractivity contribution in [2.75, 3.05) is 0 Å². The van der Waals surface area contributed by atoms with Crippen LogP contribution in [0.1, 0.15) is 89.9 Å². The van der Waals surface area contributed by atoms with Crippen LogP contribution < -0.4 is 0 Å². The number of rotatable bonds is 3. The van der Waals surface area contributed by atoms with E-state index in [4.69, 9.17) is 0 Å². The summed E-state index contributed by atoms with van der Waals surface area (Å²) >= 11 is 0. The Morgan fingerprint density at radius 2 is 0.864 bits per heavy atom. The minimum Gasteiger partial charge on any atom is -0.328 e. The van der Waals surface area contributed by atoms with E-state index in [1.807, 2.05) is 0 Å². The second kappa shape index (κ2) is 14.7. The summed E-state index contributed by atoms with van der Waals surface area (Å²) < 4.78 is 0. The van der Waals surface area contributed by atoms with E-state index in [-0.39, 0.29) is 98.1 Å². The fourth-order valence-electron chi connectivity index (χ4n) is 4.66. The van der Waals surface area contributed by atoms with Crippen molar-refractivity contribution < 1.29 is 98.1 Å². The molecule has 0 aliphatic heterocycles. The van der Waals surface area contributed by atoms with E-state index in [0.717, 1.165) is 26.6 Å². The first-order chi connectivity index (χ1) is 9.45. The van der Waals surface area contributed by atoms with Crippen molar-refractivity contribution >= 4 is 10.9 Å². The minimum absolute atomic E-state index is 0. The molecule has 0 bridgehead atoms. The molecule has 0 aromatic carbocycles. The quantitative estimate of drug-likeness (QED) is 0.328. The Bertz CT molecular complexity index is 214. The molecule has 0 nitrogen and oxygen atoms in total. The zero-order valence-electron chi connectivity index (χ0n) is 14.3. The summed E-state index contributed by atoms with van der Waals surface area (Å²) in [5.74, 6) is 0. The SMILES string of the molecule is [CH-]1CCC([S+](C2CCCCC2)C2CCCCC2)CC1.[Y].[Y].[Y]. The molecule has 3 aliphatic carbocycles. The molecule has 3 aliphatic rings. The zero-order chi connectivity index (χ0) is 12.9. The second-order valence-corrected chi connectivity index (χ2v) is 9.81. The van der Waals surface area contributed by atoms with Crippen LogP contribution in [0, 0.1) is 6.42 Å². The van der Waals surface area contributed by atoms with Crippen LogP contribution in [0.4, 0.5) is 0 Å². The fraction of sp³-hybridized carbons (Fsp3) is 0.944. The first-order valence-corrected chi connectivity index (χ1v) is 10.4. The average molecular weight is 547 g/mol. The summed E-state index contributed by atoms with van der Waals surface area (Å²) in [6.07, 6.45) is 24.0. The van der Waals surface area contributed by atoms with Gasteiger partial charge in [-0.05, 0) is 75.1 Å². The Balaban J connectivity index is 0.00000147. The maximum atomic E-state index is 2.56. The molecule has 0 saturated heterocycles. The van der Waals surface area contributed by atoms with Gasteiger partial charge < -0.3 is 6.42 Å². The Kier molecular flexibility index (Phi) is 17.1. The van der Waals surface area contributed by atoms with Crippen molar-refractivity contribution in [3.8, 4) is 0 Å². The topological polar surface area (TPSA) is 0 Å². The molecular weight excluding hydrogens is 515 g/mol. The monoisotopic (exact) mass is 547 g/mol. The zero-order valence-corrected chi connectivity index (χ0v) is 23.7. The van der Waals surface area contributed by atoms with Gasteiger partial charge in [-0.2, -0.15) is 12.8 Å². The van der Waals surface area contributed by atoms with E-state index in [9.17, 15) is 0 Å². The van der Waals surface area contributed by atoms with E-state index in [1.54, 1.807) is 51.4 Å². The van der Waals surface area contributed by atoms with Crippen LogP contribution in [0.25, 0.3) is 0 Å². The first kappa shape index (κ1) is 25.7. The summed E-state index contributed by atoms with van der Waals surface area (Å²) in [7, 11) is 0.796. The molecule has 0 spiro atoms. The van der Waals surface area contributed by atoms with E-state index < -0.39 is 0 Å². The Morgan fingerprint density at radius 1 is 0.500 bits per heavy atom. The third kappa shape index (κ3) is 7.72. The van der Waals surface area contributed by atoms with E-state index in [0.29, 0.717) is 0 Å². The maximum absolute atomic E-state index is 2.56. The summed E-state index contributed by atoms with van der Waals surface area (Å²) in [6.45, 7) is 0. The van der Waals surface area contributed by atoms with Crippen LogP contribution in [0.2, 0.25) is 0 Å². The van der Waals surface area contributed by atoms with Gasteiger partial charge in [0.05, 0.1) is 0 Å². The van der Waals surface area contributed by atoms with Crippen molar-refractivity contribution in [1.82, 2.24) is 0 Å². The largest absolute Gasteiger partial charge is 0.328 e. The second-order valence-electron chi connectivity index (χ2n) is 6.99.